The molecule has 0 saturated heterocycles. The Labute approximate surface area is 114 Å². The predicted molar refractivity (Wildman–Crippen MR) is 74.0 cm³/mol. The van der Waals surface area contributed by atoms with E-state index in [1.54, 1.807) is 23.1 Å². The van der Waals surface area contributed by atoms with Gasteiger partial charge in [0.25, 0.3) is 0 Å². The molecule has 0 amide bonds. The minimum atomic E-state index is -0.123. The summed E-state index contributed by atoms with van der Waals surface area (Å²) in [5.41, 5.74) is 1.00. The molecule has 1 aliphatic rings. The van der Waals surface area contributed by atoms with Gasteiger partial charge < -0.3 is 4.74 Å². The van der Waals surface area contributed by atoms with E-state index >= 15 is 0 Å². The van der Waals surface area contributed by atoms with Gasteiger partial charge in [0, 0.05) is 0 Å². The van der Waals surface area contributed by atoms with Crippen molar-refractivity contribution in [1.29, 1.82) is 0 Å². The lowest BCUT2D eigenvalue weighted by Gasteiger charge is -2.10. The molecule has 1 aromatic heterocycles. The lowest BCUT2D eigenvalue weighted by molar-refractivity contribution is -0.140. The van der Waals surface area contributed by atoms with E-state index in [1.165, 1.54) is 11.8 Å². The maximum Gasteiger partial charge on any atom is 0.319 e. The molecule has 3 rings (SSSR count). The van der Waals surface area contributed by atoms with E-state index in [2.05, 4.69) is 11.1 Å². The predicted octanol–water partition coefficient (Wildman–Crippen LogP) is 3.34. The topological polar surface area (TPSA) is 39.2 Å². The quantitative estimate of drug-likeness (QED) is 0.635. The van der Waals surface area contributed by atoms with Gasteiger partial charge in [-0.1, -0.05) is 23.9 Å². The summed E-state index contributed by atoms with van der Waals surface area (Å²) in [4.78, 5) is 16.3. The smallest absolute Gasteiger partial charge is 0.319 e. The van der Waals surface area contributed by atoms with Crippen LogP contribution < -0.4 is 0 Å². The van der Waals surface area contributed by atoms with E-state index in [0.717, 1.165) is 22.7 Å². The first kappa shape index (κ1) is 12.0. The standard InChI is InChI=1S/C13H13NO2S2/c1-16-12(15)11(8-6-7-8)18-13-14-9-4-2-3-5-10(9)17-13/h2-5,8,11H,6-7H2,1H3. The Balaban J connectivity index is 1.83. The number of methoxy groups -OCH3 is 1. The second-order valence-corrected chi connectivity index (χ2v) is 6.77. The summed E-state index contributed by atoms with van der Waals surface area (Å²) in [6.45, 7) is 0. The molecule has 0 spiro atoms. The summed E-state index contributed by atoms with van der Waals surface area (Å²) in [7, 11) is 1.45. The van der Waals surface area contributed by atoms with Gasteiger partial charge in [-0.25, -0.2) is 4.98 Å². The number of carbonyl (C=O) groups is 1. The van der Waals surface area contributed by atoms with Crippen LogP contribution in [0.3, 0.4) is 0 Å². The summed E-state index contributed by atoms with van der Waals surface area (Å²) in [6.07, 6.45) is 2.25. The molecule has 0 aliphatic heterocycles. The highest BCUT2D eigenvalue weighted by atomic mass is 32.2. The number of ether oxygens (including phenoxy) is 1. The summed E-state index contributed by atoms with van der Waals surface area (Å²) >= 11 is 3.19. The van der Waals surface area contributed by atoms with Crippen LogP contribution in [-0.2, 0) is 9.53 Å². The molecule has 18 heavy (non-hydrogen) atoms. The summed E-state index contributed by atoms with van der Waals surface area (Å²) in [5, 5.41) is -0.0874. The van der Waals surface area contributed by atoms with Crippen LogP contribution in [0.4, 0.5) is 0 Å². The average molecular weight is 279 g/mol. The molecule has 3 nitrogen and oxygen atoms in total. The van der Waals surface area contributed by atoms with E-state index in [-0.39, 0.29) is 11.2 Å². The SMILES string of the molecule is COC(=O)C(Sc1nc2ccccc2s1)C1CC1. The number of fused-ring (bicyclic) bond motifs is 1. The first-order valence-electron chi connectivity index (χ1n) is 5.88. The maximum absolute atomic E-state index is 11.7. The van der Waals surface area contributed by atoms with Crippen LogP contribution in [0.1, 0.15) is 12.8 Å². The zero-order valence-corrected chi connectivity index (χ0v) is 11.6. The van der Waals surface area contributed by atoms with Crippen molar-refractivity contribution >= 4 is 39.3 Å². The van der Waals surface area contributed by atoms with Crippen LogP contribution in [0.5, 0.6) is 0 Å². The molecule has 5 heteroatoms. The van der Waals surface area contributed by atoms with Crippen molar-refractivity contribution in [1.82, 2.24) is 4.98 Å². The number of esters is 1. The molecule has 94 valence electrons. The molecule has 1 saturated carbocycles. The molecule has 0 radical (unpaired) electrons. The second kappa shape index (κ2) is 4.90. The van der Waals surface area contributed by atoms with E-state index in [1.807, 2.05) is 18.2 Å². The molecular weight excluding hydrogens is 266 g/mol. The van der Waals surface area contributed by atoms with Crippen LogP contribution in [0, 0.1) is 5.92 Å². The van der Waals surface area contributed by atoms with Gasteiger partial charge in [0.05, 0.1) is 17.3 Å². The number of hydrogen-bond donors (Lipinski definition) is 0. The minimum Gasteiger partial charge on any atom is -0.468 e. The van der Waals surface area contributed by atoms with Crippen LogP contribution in [0.2, 0.25) is 0 Å². The Bertz CT molecular complexity index is 544. The Hall–Kier alpha value is -1.07. The molecule has 1 unspecified atom stereocenters. The maximum atomic E-state index is 11.7. The van der Waals surface area contributed by atoms with Crippen molar-refractivity contribution in [2.45, 2.75) is 22.4 Å². The van der Waals surface area contributed by atoms with Gasteiger partial charge in [-0.15, -0.1) is 11.3 Å². The van der Waals surface area contributed by atoms with E-state index < -0.39 is 0 Å². The van der Waals surface area contributed by atoms with E-state index in [0.29, 0.717) is 5.92 Å². The molecule has 2 aromatic rings. The van der Waals surface area contributed by atoms with Crippen molar-refractivity contribution in [3.8, 4) is 0 Å². The van der Waals surface area contributed by atoms with Crippen molar-refractivity contribution in [2.75, 3.05) is 7.11 Å². The third-order valence-corrected chi connectivity index (χ3v) is 5.48. The van der Waals surface area contributed by atoms with Gasteiger partial charge in [-0.2, -0.15) is 0 Å². The number of benzene rings is 1. The summed E-state index contributed by atoms with van der Waals surface area (Å²) in [5.74, 6) is 0.344. The monoisotopic (exact) mass is 279 g/mol. The number of thioether (sulfide) groups is 1. The van der Waals surface area contributed by atoms with Crippen molar-refractivity contribution < 1.29 is 9.53 Å². The Morgan fingerprint density at radius 3 is 2.94 bits per heavy atom. The highest BCUT2D eigenvalue weighted by molar-refractivity contribution is 8.02. The Morgan fingerprint density at radius 2 is 2.28 bits per heavy atom. The molecular formula is C13H13NO2S2. The number of para-hydroxylation sites is 1. The Morgan fingerprint density at radius 1 is 1.50 bits per heavy atom. The van der Waals surface area contributed by atoms with Crippen LogP contribution >= 0.6 is 23.1 Å². The van der Waals surface area contributed by atoms with Crippen molar-refractivity contribution in [3.63, 3.8) is 0 Å². The van der Waals surface area contributed by atoms with Gasteiger partial charge in [-0.3, -0.25) is 4.79 Å². The fourth-order valence-electron chi connectivity index (χ4n) is 1.86. The van der Waals surface area contributed by atoms with E-state index in [4.69, 9.17) is 4.74 Å². The van der Waals surface area contributed by atoms with Crippen LogP contribution in [0.15, 0.2) is 28.6 Å². The third kappa shape index (κ3) is 2.37. The Kier molecular flexibility index (Phi) is 3.26. The van der Waals surface area contributed by atoms with Gasteiger partial charge in [0.1, 0.15) is 5.25 Å². The fourth-order valence-corrected chi connectivity index (χ4v) is 4.36. The number of hydrogen-bond acceptors (Lipinski definition) is 5. The largest absolute Gasteiger partial charge is 0.468 e. The third-order valence-electron chi connectivity index (χ3n) is 2.99. The van der Waals surface area contributed by atoms with Crippen LogP contribution in [-0.4, -0.2) is 23.3 Å². The second-order valence-electron chi connectivity index (χ2n) is 4.35. The normalized spacial score (nSPS) is 16.7. The summed E-state index contributed by atoms with van der Waals surface area (Å²) < 4.78 is 7.00. The lowest BCUT2D eigenvalue weighted by atomic mass is 10.3. The lowest BCUT2D eigenvalue weighted by Crippen LogP contribution is -2.20. The fraction of sp³-hybridized carbons (Fsp3) is 0.385. The molecule has 0 bridgehead atoms. The van der Waals surface area contributed by atoms with Crippen molar-refractivity contribution in [3.05, 3.63) is 24.3 Å². The highest BCUT2D eigenvalue weighted by Crippen LogP contribution is 2.43. The number of carbonyl (C=O) groups excluding carboxylic acids is 1. The van der Waals surface area contributed by atoms with Crippen LogP contribution in [0.25, 0.3) is 10.2 Å². The van der Waals surface area contributed by atoms with Gasteiger partial charge in [0.15, 0.2) is 4.34 Å². The number of nitrogens with zero attached hydrogens (tertiary/aromatic N) is 1. The molecule has 0 N–H and O–H groups in total. The van der Waals surface area contributed by atoms with Gasteiger partial charge in [0.2, 0.25) is 0 Å². The minimum absolute atomic E-state index is 0.0874. The average Bonchev–Trinajstić information content (AvgIpc) is 3.14. The molecule has 1 heterocycles. The number of rotatable bonds is 4. The first-order valence-corrected chi connectivity index (χ1v) is 7.57. The molecule has 1 aromatic carbocycles. The van der Waals surface area contributed by atoms with E-state index in [9.17, 15) is 4.79 Å². The summed E-state index contributed by atoms with van der Waals surface area (Å²) in [6, 6.07) is 8.05. The highest BCUT2D eigenvalue weighted by Gasteiger charge is 2.38. The number of thiazole rings is 1. The molecule has 1 aliphatic carbocycles. The zero-order valence-electron chi connectivity index (χ0n) is 9.96. The molecule has 1 fully saturated rings. The van der Waals surface area contributed by atoms with Crippen molar-refractivity contribution in [2.24, 2.45) is 5.92 Å². The van der Waals surface area contributed by atoms with Gasteiger partial charge in [-0.05, 0) is 30.9 Å². The first-order chi connectivity index (χ1) is 8.78. The zero-order chi connectivity index (χ0) is 12.5. The number of aromatic nitrogens is 1. The van der Waals surface area contributed by atoms with Gasteiger partial charge >= 0.3 is 5.97 Å². The molecule has 1 atom stereocenters.